The first-order chi connectivity index (χ1) is 9.19. The fraction of sp³-hybridized carbons (Fsp3) is 0.412. The molecule has 1 atom stereocenters. The zero-order valence-corrected chi connectivity index (χ0v) is 12.7. The summed E-state index contributed by atoms with van der Waals surface area (Å²) >= 11 is 0. The van der Waals surface area contributed by atoms with Crippen molar-refractivity contribution < 1.29 is 15.3 Å². The lowest BCUT2D eigenvalue weighted by Gasteiger charge is -2.28. The van der Waals surface area contributed by atoms with E-state index in [9.17, 15) is 15.3 Å². The van der Waals surface area contributed by atoms with Crippen molar-refractivity contribution >= 4 is 0 Å². The van der Waals surface area contributed by atoms with E-state index in [2.05, 4.69) is 6.58 Å². The van der Waals surface area contributed by atoms with Crippen molar-refractivity contribution in [3.8, 4) is 5.75 Å². The van der Waals surface area contributed by atoms with Gasteiger partial charge in [0.05, 0.1) is 0 Å². The first-order valence-electron chi connectivity index (χ1n) is 6.77. The van der Waals surface area contributed by atoms with Crippen molar-refractivity contribution in [2.75, 3.05) is 0 Å². The number of benzene rings is 1. The third-order valence-electron chi connectivity index (χ3n) is 3.85. The van der Waals surface area contributed by atoms with Gasteiger partial charge >= 0.3 is 0 Å². The second-order valence-corrected chi connectivity index (χ2v) is 5.69. The van der Waals surface area contributed by atoms with Crippen LogP contribution in [0.25, 0.3) is 0 Å². The molecule has 0 saturated carbocycles. The van der Waals surface area contributed by atoms with Gasteiger partial charge in [-0.25, -0.2) is 0 Å². The van der Waals surface area contributed by atoms with E-state index in [4.69, 9.17) is 0 Å². The highest BCUT2D eigenvalue weighted by molar-refractivity contribution is 5.42. The van der Waals surface area contributed by atoms with Crippen LogP contribution in [0.15, 0.2) is 36.3 Å². The Balaban J connectivity index is 3.13. The monoisotopic (exact) mass is 276 g/mol. The van der Waals surface area contributed by atoms with Crippen molar-refractivity contribution in [3.05, 3.63) is 53.0 Å². The van der Waals surface area contributed by atoms with Crippen LogP contribution in [0.3, 0.4) is 0 Å². The standard InChI is InChI=1S/C17H24O3/c1-6-17(5,15(19)9-13(4)18)10-14-7-11(2)16(20)12(3)8-14/h7-9,18-20H,4,6,10H2,1-3,5H3/b15-9+. The summed E-state index contributed by atoms with van der Waals surface area (Å²) in [4.78, 5) is 0. The molecule has 0 aromatic heterocycles. The van der Waals surface area contributed by atoms with E-state index in [1.807, 2.05) is 39.8 Å². The molecule has 0 heterocycles. The van der Waals surface area contributed by atoms with Crippen molar-refractivity contribution in [2.45, 2.75) is 40.5 Å². The molecule has 0 radical (unpaired) electrons. The highest BCUT2D eigenvalue weighted by atomic mass is 16.3. The molecule has 0 saturated heterocycles. The Kier molecular flexibility index (Phi) is 4.88. The minimum Gasteiger partial charge on any atom is -0.512 e. The van der Waals surface area contributed by atoms with Crippen LogP contribution in [0.4, 0.5) is 0 Å². The van der Waals surface area contributed by atoms with Crippen LogP contribution < -0.4 is 0 Å². The topological polar surface area (TPSA) is 60.7 Å². The fourth-order valence-corrected chi connectivity index (χ4v) is 2.33. The molecule has 0 aliphatic heterocycles. The zero-order valence-electron chi connectivity index (χ0n) is 12.7. The molecular formula is C17H24O3. The summed E-state index contributed by atoms with van der Waals surface area (Å²) in [7, 11) is 0. The van der Waals surface area contributed by atoms with Crippen molar-refractivity contribution in [2.24, 2.45) is 5.41 Å². The average Bonchev–Trinajstić information content (AvgIpc) is 2.34. The summed E-state index contributed by atoms with van der Waals surface area (Å²) in [6.45, 7) is 11.0. The van der Waals surface area contributed by atoms with E-state index in [1.54, 1.807) is 0 Å². The molecule has 1 rings (SSSR count). The van der Waals surface area contributed by atoms with Gasteiger partial charge < -0.3 is 15.3 Å². The maximum atomic E-state index is 10.2. The van der Waals surface area contributed by atoms with Crippen LogP contribution in [0.1, 0.15) is 37.0 Å². The van der Waals surface area contributed by atoms with Gasteiger partial charge in [-0.1, -0.05) is 32.6 Å². The Morgan fingerprint density at radius 1 is 1.25 bits per heavy atom. The van der Waals surface area contributed by atoms with Gasteiger partial charge in [0.25, 0.3) is 0 Å². The summed E-state index contributed by atoms with van der Waals surface area (Å²) in [5, 5.41) is 29.2. The molecular weight excluding hydrogens is 252 g/mol. The summed E-state index contributed by atoms with van der Waals surface area (Å²) in [5.74, 6) is 0.284. The lowest BCUT2D eigenvalue weighted by atomic mass is 9.78. The Hall–Kier alpha value is -1.90. The molecule has 110 valence electrons. The molecule has 0 bridgehead atoms. The normalized spacial score (nSPS) is 14.9. The maximum absolute atomic E-state index is 10.2. The smallest absolute Gasteiger partial charge is 0.121 e. The molecule has 1 aromatic carbocycles. The molecule has 1 unspecified atom stereocenters. The molecule has 3 heteroatoms. The minimum absolute atomic E-state index is 0.121. The number of phenolic OH excluding ortho intramolecular Hbond substituents is 1. The minimum atomic E-state index is -0.471. The molecule has 0 spiro atoms. The third-order valence-corrected chi connectivity index (χ3v) is 3.85. The Labute approximate surface area is 120 Å². The van der Waals surface area contributed by atoms with Gasteiger partial charge in [-0.15, -0.1) is 0 Å². The van der Waals surface area contributed by atoms with Crippen molar-refractivity contribution in [1.29, 1.82) is 0 Å². The molecule has 0 aliphatic carbocycles. The summed E-state index contributed by atoms with van der Waals surface area (Å²) in [5.41, 5.74) is 2.23. The Bertz CT molecular complexity index is 520. The largest absolute Gasteiger partial charge is 0.512 e. The second-order valence-electron chi connectivity index (χ2n) is 5.69. The van der Waals surface area contributed by atoms with Gasteiger partial charge in [0.15, 0.2) is 0 Å². The van der Waals surface area contributed by atoms with Gasteiger partial charge in [-0.05, 0) is 43.4 Å². The predicted octanol–water partition coefficient (Wildman–Crippen LogP) is 4.48. The van der Waals surface area contributed by atoms with Crippen LogP contribution in [0, 0.1) is 19.3 Å². The summed E-state index contributed by atoms with van der Waals surface area (Å²) in [6.07, 6.45) is 2.65. The van der Waals surface area contributed by atoms with Crippen LogP contribution in [-0.4, -0.2) is 15.3 Å². The maximum Gasteiger partial charge on any atom is 0.121 e. The Morgan fingerprint density at radius 3 is 2.15 bits per heavy atom. The second kappa shape index (κ2) is 6.04. The number of allylic oxidation sites excluding steroid dienone is 2. The number of aliphatic hydroxyl groups is 2. The highest BCUT2D eigenvalue weighted by Gasteiger charge is 2.28. The molecule has 3 N–H and O–H groups in total. The highest BCUT2D eigenvalue weighted by Crippen LogP contribution is 2.35. The van der Waals surface area contributed by atoms with E-state index in [-0.39, 0.29) is 11.5 Å². The number of phenols is 1. The van der Waals surface area contributed by atoms with E-state index in [0.717, 1.165) is 23.1 Å². The number of aryl methyl sites for hydroxylation is 2. The number of aliphatic hydroxyl groups excluding tert-OH is 2. The lowest BCUT2D eigenvalue weighted by molar-refractivity contribution is 0.226. The average molecular weight is 276 g/mol. The molecule has 3 nitrogen and oxygen atoms in total. The number of hydrogen-bond donors (Lipinski definition) is 3. The SMILES string of the molecule is C=C(O)/C=C(/O)C(C)(CC)Cc1cc(C)c(O)c(C)c1. The van der Waals surface area contributed by atoms with Gasteiger partial charge in [0.2, 0.25) is 0 Å². The molecule has 20 heavy (non-hydrogen) atoms. The van der Waals surface area contributed by atoms with Gasteiger partial charge in [0.1, 0.15) is 17.3 Å². The van der Waals surface area contributed by atoms with Crippen LogP contribution in [0.5, 0.6) is 5.75 Å². The summed E-state index contributed by atoms with van der Waals surface area (Å²) < 4.78 is 0. The number of aromatic hydroxyl groups is 1. The molecule has 0 aliphatic rings. The zero-order chi connectivity index (χ0) is 15.5. The summed E-state index contributed by atoms with van der Waals surface area (Å²) in [6, 6.07) is 3.86. The van der Waals surface area contributed by atoms with Crippen molar-refractivity contribution in [1.82, 2.24) is 0 Å². The first kappa shape index (κ1) is 16.2. The van der Waals surface area contributed by atoms with E-state index in [0.29, 0.717) is 12.2 Å². The molecule has 0 fully saturated rings. The van der Waals surface area contributed by atoms with Crippen molar-refractivity contribution in [3.63, 3.8) is 0 Å². The number of rotatable bonds is 5. The van der Waals surface area contributed by atoms with Gasteiger partial charge in [-0.3, -0.25) is 0 Å². The molecule has 1 aromatic rings. The van der Waals surface area contributed by atoms with Crippen LogP contribution >= 0.6 is 0 Å². The van der Waals surface area contributed by atoms with E-state index >= 15 is 0 Å². The number of hydrogen-bond acceptors (Lipinski definition) is 3. The van der Waals surface area contributed by atoms with Crippen LogP contribution in [-0.2, 0) is 6.42 Å². The van der Waals surface area contributed by atoms with E-state index < -0.39 is 5.41 Å². The van der Waals surface area contributed by atoms with E-state index in [1.165, 1.54) is 6.08 Å². The molecule has 0 amide bonds. The van der Waals surface area contributed by atoms with Crippen LogP contribution in [0.2, 0.25) is 0 Å². The fourth-order valence-electron chi connectivity index (χ4n) is 2.33. The quantitative estimate of drug-likeness (QED) is 0.549. The third kappa shape index (κ3) is 3.56. The first-order valence-corrected chi connectivity index (χ1v) is 6.77. The van der Waals surface area contributed by atoms with Gasteiger partial charge in [-0.2, -0.15) is 0 Å². The predicted molar refractivity (Wildman–Crippen MR) is 82.2 cm³/mol. The Morgan fingerprint density at radius 2 is 1.75 bits per heavy atom. The lowest BCUT2D eigenvalue weighted by Crippen LogP contribution is -2.22. The van der Waals surface area contributed by atoms with Gasteiger partial charge in [0, 0.05) is 11.5 Å².